The van der Waals surface area contributed by atoms with Crippen LogP contribution in [0, 0.1) is 19.7 Å². The lowest BCUT2D eigenvalue weighted by molar-refractivity contribution is -0.126. The van der Waals surface area contributed by atoms with E-state index in [1.54, 1.807) is 18.2 Å². The summed E-state index contributed by atoms with van der Waals surface area (Å²) in [5.74, 6) is -2.23. The second kappa shape index (κ2) is 10.8. The van der Waals surface area contributed by atoms with Crippen LogP contribution in [0.4, 0.5) is 10.1 Å². The quantitative estimate of drug-likeness (QED) is 0.374. The number of esters is 1. The zero-order valence-corrected chi connectivity index (χ0v) is 19.8. The Hall–Kier alpha value is -4.59. The third kappa shape index (κ3) is 5.90. The van der Waals surface area contributed by atoms with Gasteiger partial charge in [-0.25, -0.2) is 14.2 Å². The van der Waals surface area contributed by atoms with Crippen LogP contribution < -0.4 is 10.6 Å². The van der Waals surface area contributed by atoms with Crippen LogP contribution in [0.25, 0.3) is 22.2 Å². The van der Waals surface area contributed by atoms with Crippen LogP contribution in [0.3, 0.4) is 0 Å². The third-order valence-electron chi connectivity index (χ3n) is 5.50. The Morgan fingerprint density at radius 1 is 0.917 bits per heavy atom. The molecule has 0 aliphatic heterocycles. The highest BCUT2D eigenvalue weighted by Crippen LogP contribution is 2.28. The lowest BCUT2D eigenvalue weighted by atomic mass is 9.99. The third-order valence-corrected chi connectivity index (χ3v) is 5.50. The molecule has 0 bridgehead atoms. The van der Waals surface area contributed by atoms with E-state index in [9.17, 15) is 18.8 Å². The molecule has 0 atom stereocenters. The Bertz CT molecular complexity index is 1450. The highest BCUT2D eigenvalue weighted by molar-refractivity contribution is 6.05. The van der Waals surface area contributed by atoms with Gasteiger partial charge >= 0.3 is 5.97 Å². The van der Waals surface area contributed by atoms with E-state index in [2.05, 4.69) is 10.6 Å². The number of nitrogens with zero attached hydrogens (tertiary/aromatic N) is 1. The molecular formula is C28H24FN3O4. The molecule has 3 aromatic carbocycles. The minimum Gasteiger partial charge on any atom is -0.452 e. The molecule has 0 saturated carbocycles. The van der Waals surface area contributed by atoms with Crippen molar-refractivity contribution in [1.29, 1.82) is 0 Å². The normalized spacial score (nSPS) is 10.6. The van der Waals surface area contributed by atoms with Crippen molar-refractivity contribution in [2.24, 2.45) is 0 Å². The smallest absolute Gasteiger partial charge is 0.339 e. The number of halogens is 1. The summed E-state index contributed by atoms with van der Waals surface area (Å²) >= 11 is 0. The number of aryl methyl sites for hydroxylation is 2. The summed E-state index contributed by atoms with van der Waals surface area (Å²) in [7, 11) is 0. The van der Waals surface area contributed by atoms with Gasteiger partial charge in [0.25, 0.3) is 5.91 Å². The summed E-state index contributed by atoms with van der Waals surface area (Å²) < 4.78 is 18.2. The molecule has 0 fully saturated rings. The Balaban J connectivity index is 1.42. The maximum Gasteiger partial charge on any atom is 0.339 e. The first kappa shape index (κ1) is 24.5. The molecule has 2 amide bonds. The second-order valence-electron chi connectivity index (χ2n) is 8.30. The van der Waals surface area contributed by atoms with E-state index in [-0.39, 0.29) is 12.1 Å². The number of fused-ring (bicyclic) bond motifs is 1. The van der Waals surface area contributed by atoms with Crippen LogP contribution in [-0.2, 0) is 14.3 Å². The van der Waals surface area contributed by atoms with E-state index in [0.717, 1.165) is 16.7 Å². The summed E-state index contributed by atoms with van der Waals surface area (Å²) in [6, 6.07) is 20.1. The molecule has 0 saturated heterocycles. The van der Waals surface area contributed by atoms with Crippen molar-refractivity contribution in [3.63, 3.8) is 0 Å². The minimum atomic E-state index is -0.675. The molecule has 1 aromatic heterocycles. The van der Waals surface area contributed by atoms with Gasteiger partial charge in [0.05, 0.1) is 23.3 Å². The first-order valence-electron chi connectivity index (χ1n) is 11.3. The number of amides is 2. The molecule has 182 valence electrons. The molecule has 7 nitrogen and oxygen atoms in total. The highest BCUT2D eigenvalue weighted by Gasteiger charge is 2.17. The standard InChI is InChI=1S/C28H24FN3O4/c1-17-7-12-21(18(2)13-17)25-14-23(22-5-3-4-6-24(22)32-25)28(35)36-16-27(34)30-15-26(33)31-20-10-8-19(29)9-11-20/h3-14H,15-16H2,1-2H3,(H,30,34)(H,31,33). The van der Waals surface area contributed by atoms with E-state index >= 15 is 0 Å². The fraction of sp³-hybridized carbons (Fsp3) is 0.143. The van der Waals surface area contributed by atoms with Crippen LogP contribution in [-0.4, -0.2) is 35.9 Å². The van der Waals surface area contributed by atoms with Crippen LogP contribution in [0.1, 0.15) is 21.5 Å². The number of aromatic nitrogens is 1. The van der Waals surface area contributed by atoms with Crippen LogP contribution >= 0.6 is 0 Å². The van der Waals surface area contributed by atoms with Crippen molar-refractivity contribution in [3.05, 3.63) is 95.3 Å². The molecule has 2 N–H and O–H groups in total. The number of carbonyl (C=O) groups is 3. The van der Waals surface area contributed by atoms with Crippen molar-refractivity contribution < 1.29 is 23.5 Å². The molecule has 0 aliphatic rings. The molecule has 0 unspecified atom stereocenters. The Morgan fingerprint density at radius 2 is 1.67 bits per heavy atom. The molecule has 36 heavy (non-hydrogen) atoms. The van der Waals surface area contributed by atoms with Crippen molar-refractivity contribution in [2.75, 3.05) is 18.5 Å². The second-order valence-corrected chi connectivity index (χ2v) is 8.30. The number of pyridine rings is 1. The summed E-state index contributed by atoms with van der Waals surface area (Å²) in [6.45, 7) is 3.10. The van der Waals surface area contributed by atoms with Gasteiger partial charge in [-0.15, -0.1) is 0 Å². The highest BCUT2D eigenvalue weighted by atomic mass is 19.1. The number of benzene rings is 3. The summed E-state index contributed by atoms with van der Waals surface area (Å²) in [5.41, 5.74) is 4.97. The lowest BCUT2D eigenvalue weighted by Gasteiger charge is -2.12. The van der Waals surface area contributed by atoms with Crippen molar-refractivity contribution in [3.8, 4) is 11.3 Å². The van der Waals surface area contributed by atoms with Gasteiger partial charge < -0.3 is 15.4 Å². The molecule has 1 heterocycles. The fourth-order valence-electron chi connectivity index (χ4n) is 3.76. The van der Waals surface area contributed by atoms with E-state index in [1.165, 1.54) is 24.3 Å². The van der Waals surface area contributed by atoms with Crippen molar-refractivity contribution in [2.45, 2.75) is 13.8 Å². The monoisotopic (exact) mass is 485 g/mol. The molecule has 0 aliphatic carbocycles. The Labute approximate surface area is 207 Å². The molecule has 4 rings (SSSR count). The molecule has 0 radical (unpaired) electrons. The maximum atomic E-state index is 13.0. The average molecular weight is 486 g/mol. The SMILES string of the molecule is Cc1ccc(-c2cc(C(=O)OCC(=O)NCC(=O)Nc3ccc(F)cc3)c3ccccc3n2)c(C)c1. The van der Waals surface area contributed by atoms with Gasteiger partial charge in [-0.2, -0.15) is 0 Å². The first-order valence-corrected chi connectivity index (χ1v) is 11.3. The predicted octanol–water partition coefficient (Wildman–Crippen LogP) is 4.57. The van der Waals surface area contributed by atoms with Gasteiger partial charge in [0.1, 0.15) is 5.82 Å². The van der Waals surface area contributed by atoms with Crippen LogP contribution in [0.15, 0.2) is 72.8 Å². The van der Waals surface area contributed by atoms with Gasteiger partial charge in [-0.1, -0.05) is 42.0 Å². The van der Waals surface area contributed by atoms with Gasteiger partial charge in [-0.05, 0) is 55.8 Å². The maximum absolute atomic E-state index is 13.0. The van der Waals surface area contributed by atoms with E-state index in [4.69, 9.17) is 9.72 Å². The number of anilines is 1. The molecule has 0 spiro atoms. The Kier molecular flexibility index (Phi) is 7.34. The largest absolute Gasteiger partial charge is 0.452 e. The number of carbonyl (C=O) groups excluding carboxylic acids is 3. The lowest BCUT2D eigenvalue weighted by Crippen LogP contribution is -2.35. The molecular weight excluding hydrogens is 461 g/mol. The van der Waals surface area contributed by atoms with E-state index in [0.29, 0.717) is 22.3 Å². The van der Waals surface area contributed by atoms with Gasteiger partial charge in [0.2, 0.25) is 5.91 Å². The molecule has 8 heteroatoms. The number of para-hydroxylation sites is 1. The topological polar surface area (TPSA) is 97.4 Å². The van der Waals surface area contributed by atoms with Crippen molar-refractivity contribution in [1.82, 2.24) is 10.3 Å². The number of hydrogen-bond donors (Lipinski definition) is 2. The van der Waals surface area contributed by atoms with E-state index < -0.39 is 30.2 Å². The number of rotatable bonds is 7. The van der Waals surface area contributed by atoms with E-state index in [1.807, 2.05) is 44.2 Å². The number of ether oxygens (including phenoxy) is 1. The minimum absolute atomic E-state index is 0.289. The number of hydrogen-bond acceptors (Lipinski definition) is 5. The number of nitrogens with one attached hydrogen (secondary N) is 2. The van der Waals surface area contributed by atoms with Crippen molar-refractivity contribution >= 4 is 34.4 Å². The van der Waals surface area contributed by atoms with Crippen LogP contribution in [0.2, 0.25) is 0 Å². The zero-order chi connectivity index (χ0) is 25.7. The zero-order valence-electron chi connectivity index (χ0n) is 19.8. The average Bonchev–Trinajstić information content (AvgIpc) is 2.86. The summed E-state index contributed by atoms with van der Waals surface area (Å²) in [5, 5.41) is 5.53. The summed E-state index contributed by atoms with van der Waals surface area (Å²) in [4.78, 5) is 41.8. The molecule has 4 aromatic rings. The first-order chi connectivity index (χ1) is 17.3. The predicted molar refractivity (Wildman–Crippen MR) is 135 cm³/mol. The van der Waals surface area contributed by atoms with Gasteiger partial charge in [-0.3, -0.25) is 9.59 Å². The fourth-order valence-corrected chi connectivity index (χ4v) is 3.76. The van der Waals surface area contributed by atoms with Gasteiger partial charge in [0, 0.05) is 16.6 Å². The van der Waals surface area contributed by atoms with Crippen LogP contribution in [0.5, 0.6) is 0 Å². The Morgan fingerprint density at radius 3 is 2.42 bits per heavy atom. The summed E-state index contributed by atoms with van der Waals surface area (Å²) in [6.07, 6.45) is 0. The van der Waals surface area contributed by atoms with Gasteiger partial charge in [0.15, 0.2) is 6.61 Å².